The van der Waals surface area contributed by atoms with Gasteiger partial charge in [0, 0.05) is 16.3 Å². The van der Waals surface area contributed by atoms with Crippen molar-refractivity contribution < 1.29 is 9.90 Å². The molecule has 1 aliphatic rings. The zero-order chi connectivity index (χ0) is 16.4. The molecular formula is C17H17Cl2NO2S. The quantitative estimate of drug-likeness (QED) is 0.808. The van der Waals surface area contributed by atoms with Crippen LogP contribution in [0, 0.1) is 0 Å². The van der Waals surface area contributed by atoms with E-state index in [1.54, 1.807) is 17.4 Å². The smallest absolute Gasteiger partial charge is 0.320 e. The van der Waals surface area contributed by atoms with E-state index >= 15 is 0 Å². The zero-order valence-electron chi connectivity index (χ0n) is 12.5. The molecule has 0 spiro atoms. The molecule has 0 amide bonds. The summed E-state index contributed by atoms with van der Waals surface area (Å²) in [7, 11) is 0. The first kappa shape index (κ1) is 16.8. The number of halogens is 2. The Labute approximate surface area is 149 Å². The highest BCUT2D eigenvalue weighted by molar-refractivity contribution is 7.15. The van der Waals surface area contributed by atoms with E-state index in [9.17, 15) is 9.90 Å². The summed E-state index contributed by atoms with van der Waals surface area (Å²) in [5.74, 6) is -0.717. The molecule has 1 fully saturated rings. The molecule has 0 radical (unpaired) electrons. The van der Waals surface area contributed by atoms with Crippen LogP contribution in [0.15, 0.2) is 30.3 Å². The molecule has 1 unspecified atom stereocenters. The van der Waals surface area contributed by atoms with E-state index in [0.717, 1.165) is 36.2 Å². The van der Waals surface area contributed by atoms with Crippen LogP contribution >= 0.6 is 34.5 Å². The van der Waals surface area contributed by atoms with Gasteiger partial charge in [-0.3, -0.25) is 9.69 Å². The van der Waals surface area contributed by atoms with E-state index in [2.05, 4.69) is 17.0 Å². The molecule has 1 aromatic heterocycles. The van der Waals surface area contributed by atoms with Crippen LogP contribution in [0.5, 0.6) is 0 Å². The fourth-order valence-electron chi connectivity index (χ4n) is 2.93. The molecule has 6 heteroatoms. The first-order chi connectivity index (χ1) is 11.0. The molecule has 0 saturated carbocycles. The molecular weight excluding hydrogens is 353 g/mol. The van der Waals surface area contributed by atoms with Crippen LogP contribution in [0.25, 0.3) is 10.4 Å². The van der Waals surface area contributed by atoms with Crippen LogP contribution in [-0.2, 0) is 11.3 Å². The monoisotopic (exact) mass is 369 g/mol. The molecule has 0 bridgehead atoms. The summed E-state index contributed by atoms with van der Waals surface area (Å²) in [4.78, 5) is 15.7. The molecule has 122 valence electrons. The second-order valence-corrected chi connectivity index (χ2v) is 7.70. The minimum atomic E-state index is -0.717. The highest BCUT2D eigenvalue weighted by Gasteiger charge is 2.28. The number of benzene rings is 1. The van der Waals surface area contributed by atoms with Crippen molar-refractivity contribution in [2.75, 3.05) is 6.54 Å². The first-order valence-electron chi connectivity index (χ1n) is 7.55. The number of likely N-dealkylation sites (tertiary alicyclic amines) is 1. The number of rotatable bonds is 4. The van der Waals surface area contributed by atoms with Gasteiger partial charge in [-0.25, -0.2) is 0 Å². The second kappa shape index (κ2) is 7.22. The van der Waals surface area contributed by atoms with E-state index in [4.69, 9.17) is 23.2 Å². The number of piperidine rings is 1. The number of nitrogens with zero attached hydrogens (tertiary/aromatic N) is 1. The van der Waals surface area contributed by atoms with Crippen LogP contribution in [0.2, 0.25) is 10.0 Å². The summed E-state index contributed by atoms with van der Waals surface area (Å²) in [5.41, 5.74) is 1.03. The van der Waals surface area contributed by atoms with Crippen molar-refractivity contribution in [1.82, 2.24) is 4.90 Å². The standard InChI is InChI=1S/C17H17Cl2NO2S/c18-13-6-4-11(9-14(13)19)16-7-5-12(23-16)10-20-8-2-1-3-15(20)17(21)22/h4-7,9,15H,1-3,8,10H2,(H,21,22). The van der Waals surface area contributed by atoms with Gasteiger partial charge in [0.25, 0.3) is 0 Å². The topological polar surface area (TPSA) is 40.5 Å². The molecule has 1 aromatic carbocycles. The minimum absolute atomic E-state index is 0.362. The Hall–Kier alpha value is -1.07. The number of hydrogen-bond donors (Lipinski definition) is 1. The van der Waals surface area contributed by atoms with Crippen molar-refractivity contribution in [3.63, 3.8) is 0 Å². The molecule has 23 heavy (non-hydrogen) atoms. The third-order valence-electron chi connectivity index (χ3n) is 4.12. The molecule has 1 aliphatic heterocycles. The SMILES string of the molecule is O=C(O)C1CCCCN1Cc1ccc(-c2ccc(Cl)c(Cl)c2)s1. The van der Waals surface area contributed by atoms with Gasteiger partial charge in [0.2, 0.25) is 0 Å². The van der Waals surface area contributed by atoms with Gasteiger partial charge >= 0.3 is 5.97 Å². The molecule has 1 saturated heterocycles. The van der Waals surface area contributed by atoms with Crippen molar-refractivity contribution in [1.29, 1.82) is 0 Å². The van der Waals surface area contributed by atoms with Gasteiger partial charge in [0.15, 0.2) is 0 Å². The van der Waals surface area contributed by atoms with Crippen LogP contribution in [0.3, 0.4) is 0 Å². The summed E-state index contributed by atoms with van der Waals surface area (Å²) >= 11 is 13.7. The van der Waals surface area contributed by atoms with Crippen molar-refractivity contribution in [3.8, 4) is 10.4 Å². The zero-order valence-corrected chi connectivity index (χ0v) is 14.8. The number of thiophene rings is 1. The fraction of sp³-hybridized carbons (Fsp3) is 0.353. The summed E-state index contributed by atoms with van der Waals surface area (Å²) in [6.45, 7) is 1.53. The second-order valence-electron chi connectivity index (χ2n) is 5.72. The molecule has 1 atom stereocenters. The van der Waals surface area contributed by atoms with Gasteiger partial charge in [-0.05, 0) is 49.2 Å². The highest BCUT2D eigenvalue weighted by Crippen LogP contribution is 2.33. The van der Waals surface area contributed by atoms with Crippen LogP contribution in [0.1, 0.15) is 24.1 Å². The lowest BCUT2D eigenvalue weighted by atomic mass is 10.0. The van der Waals surface area contributed by atoms with Gasteiger partial charge < -0.3 is 5.11 Å². The molecule has 3 rings (SSSR count). The third-order valence-corrected chi connectivity index (χ3v) is 5.98. The van der Waals surface area contributed by atoms with Crippen molar-refractivity contribution >= 4 is 40.5 Å². The summed E-state index contributed by atoms with van der Waals surface area (Å²) in [5, 5.41) is 10.4. The molecule has 2 heterocycles. The highest BCUT2D eigenvalue weighted by atomic mass is 35.5. The Balaban J connectivity index is 1.76. The van der Waals surface area contributed by atoms with Crippen molar-refractivity contribution in [2.45, 2.75) is 31.8 Å². The van der Waals surface area contributed by atoms with Gasteiger partial charge in [0.1, 0.15) is 6.04 Å². The fourth-order valence-corrected chi connectivity index (χ4v) is 4.26. The van der Waals surface area contributed by atoms with Gasteiger partial charge in [-0.2, -0.15) is 0 Å². The molecule has 1 N–H and O–H groups in total. The lowest BCUT2D eigenvalue weighted by Gasteiger charge is -2.32. The maximum Gasteiger partial charge on any atom is 0.320 e. The maximum absolute atomic E-state index is 11.4. The van der Waals surface area contributed by atoms with E-state index in [1.807, 2.05) is 12.1 Å². The van der Waals surface area contributed by atoms with Crippen molar-refractivity contribution in [3.05, 3.63) is 45.3 Å². The lowest BCUT2D eigenvalue weighted by Crippen LogP contribution is -2.43. The van der Waals surface area contributed by atoms with Gasteiger partial charge in [0.05, 0.1) is 10.0 Å². The van der Waals surface area contributed by atoms with E-state index in [1.165, 1.54) is 4.88 Å². The number of carboxylic acids is 1. The van der Waals surface area contributed by atoms with Gasteiger partial charge in [-0.1, -0.05) is 35.7 Å². The van der Waals surface area contributed by atoms with E-state index in [-0.39, 0.29) is 6.04 Å². The van der Waals surface area contributed by atoms with Crippen molar-refractivity contribution in [2.24, 2.45) is 0 Å². The Bertz CT molecular complexity index is 716. The molecule has 2 aromatic rings. The largest absolute Gasteiger partial charge is 0.480 e. The van der Waals surface area contributed by atoms with E-state index < -0.39 is 5.97 Å². The molecule has 3 nitrogen and oxygen atoms in total. The summed E-state index contributed by atoms with van der Waals surface area (Å²) in [6, 6.07) is 9.36. The average molecular weight is 370 g/mol. The molecule has 0 aliphatic carbocycles. The average Bonchev–Trinajstić information content (AvgIpc) is 2.99. The van der Waals surface area contributed by atoms with Crippen LogP contribution in [0.4, 0.5) is 0 Å². The lowest BCUT2D eigenvalue weighted by molar-refractivity contribution is -0.144. The van der Waals surface area contributed by atoms with Gasteiger partial charge in [-0.15, -0.1) is 11.3 Å². The predicted octanol–water partition coefficient (Wildman–Crippen LogP) is 5.16. The number of carboxylic acid groups (broad SMARTS) is 1. The Kier molecular flexibility index (Phi) is 5.27. The summed E-state index contributed by atoms with van der Waals surface area (Å²) in [6.07, 6.45) is 2.79. The number of carbonyl (C=O) groups is 1. The normalized spacial score (nSPS) is 19.0. The Morgan fingerprint density at radius 1 is 1.22 bits per heavy atom. The number of hydrogen-bond acceptors (Lipinski definition) is 3. The first-order valence-corrected chi connectivity index (χ1v) is 9.13. The third kappa shape index (κ3) is 3.89. The maximum atomic E-state index is 11.4. The van der Waals surface area contributed by atoms with E-state index in [0.29, 0.717) is 16.6 Å². The van der Waals surface area contributed by atoms with Crippen LogP contribution < -0.4 is 0 Å². The van der Waals surface area contributed by atoms with Crippen LogP contribution in [-0.4, -0.2) is 28.6 Å². The Morgan fingerprint density at radius 3 is 2.78 bits per heavy atom. The Morgan fingerprint density at radius 2 is 2.04 bits per heavy atom. The summed E-state index contributed by atoms with van der Waals surface area (Å²) < 4.78 is 0. The number of aliphatic carboxylic acids is 1. The predicted molar refractivity (Wildman–Crippen MR) is 95.5 cm³/mol. The minimum Gasteiger partial charge on any atom is -0.480 e.